The average molecular weight is 356 g/mol. The molecule has 0 N–H and O–H groups in total. The van der Waals surface area contributed by atoms with Crippen LogP contribution in [-0.2, 0) is 4.79 Å². The number of aromatic nitrogens is 1. The molecule has 2 aliphatic rings. The highest BCUT2D eigenvalue weighted by Gasteiger charge is 2.42. The van der Waals surface area contributed by atoms with Crippen LogP contribution in [0, 0.1) is 18.8 Å². The summed E-state index contributed by atoms with van der Waals surface area (Å²) >= 11 is 11.9. The van der Waals surface area contributed by atoms with Gasteiger partial charge in [-0.3, -0.25) is 9.59 Å². The van der Waals surface area contributed by atoms with Crippen LogP contribution in [0.3, 0.4) is 0 Å². The molecule has 1 saturated carbocycles. The number of carbonyl (C=O) groups excluding carboxylic acids is 2. The number of carbonyl (C=O) groups is 2. The van der Waals surface area contributed by atoms with Crippen molar-refractivity contribution in [3.05, 3.63) is 27.5 Å². The van der Waals surface area contributed by atoms with Gasteiger partial charge in [-0.2, -0.15) is 0 Å². The van der Waals surface area contributed by atoms with Crippen LogP contribution in [0.2, 0.25) is 10.3 Å². The summed E-state index contributed by atoms with van der Waals surface area (Å²) in [7, 11) is 0. The van der Waals surface area contributed by atoms with Gasteiger partial charge in [-0.1, -0.05) is 30.1 Å². The Bertz CT molecular complexity index is 657. The molecule has 1 aromatic rings. The fraction of sp³-hybridized carbons (Fsp3) is 0.562. The summed E-state index contributed by atoms with van der Waals surface area (Å²) in [6.07, 6.45) is 0.991. The van der Waals surface area contributed by atoms with Gasteiger partial charge in [0, 0.05) is 37.7 Å². The minimum absolute atomic E-state index is 0.111. The van der Waals surface area contributed by atoms with E-state index in [-0.39, 0.29) is 28.0 Å². The van der Waals surface area contributed by atoms with Crippen molar-refractivity contribution >= 4 is 35.0 Å². The summed E-state index contributed by atoms with van der Waals surface area (Å²) in [5.41, 5.74) is 1.11. The topological polar surface area (TPSA) is 53.5 Å². The molecular weight excluding hydrogens is 337 g/mol. The van der Waals surface area contributed by atoms with Crippen LogP contribution >= 0.6 is 23.2 Å². The lowest BCUT2D eigenvalue weighted by atomic mass is 10.1. The average Bonchev–Trinajstić information content (AvgIpc) is 3.26. The van der Waals surface area contributed by atoms with Gasteiger partial charge in [0.05, 0.1) is 0 Å². The van der Waals surface area contributed by atoms with Crippen molar-refractivity contribution in [3.63, 3.8) is 0 Å². The van der Waals surface area contributed by atoms with Crippen LogP contribution < -0.4 is 0 Å². The van der Waals surface area contributed by atoms with Gasteiger partial charge >= 0.3 is 0 Å². The van der Waals surface area contributed by atoms with E-state index in [0.717, 1.165) is 6.42 Å². The maximum atomic E-state index is 12.7. The third kappa shape index (κ3) is 3.31. The molecule has 0 aromatic carbocycles. The van der Waals surface area contributed by atoms with E-state index in [1.165, 1.54) is 0 Å². The molecule has 5 nitrogen and oxygen atoms in total. The molecule has 7 heteroatoms. The Kier molecular flexibility index (Phi) is 4.52. The highest BCUT2D eigenvalue weighted by molar-refractivity contribution is 6.33. The van der Waals surface area contributed by atoms with Gasteiger partial charge in [0.25, 0.3) is 5.91 Å². The quantitative estimate of drug-likeness (QED) is 0.766. The molecule has 2 amide bonds. The molecule has 1 aromatic heterocycles. The molecule has 3 rings (SSSR count). The highest BCUT2D eigenvalue weighted by atomic mass is 35.5. The second kappa shape index (κ2) is 6.29. The van der Waals surface area contributed by atoms with Crippen LogP contribution in [-0.4, -0.2) is 52.8 Å². The number of rotatable bonds is 2. The van der Waals surface area contributed by atoms with Crippen LogP contribution in [0.15, 0.2) is 6.07 Å². The fourth-order valence-electron chi connectivity index (χ4n) is 2.97. The van der Waals surface area contributed by atoms with Crippen LogP contribution in [0.1, 0.15) is 29.3 Å². The van der Waals surface area contributed by atoms with Crippen LogP contribution in [0.25, 0.3) is 0 Å². The van der Waals surface area contributed by atoms with Gasteiger partial charge in [-0.05, 0) is 30.9 Å². The van der Waals surface area contributed by atoms with Crippen molar-refractivity contribution < 1.29 is 9.59 Å². The van der Waals surface area contributed by atoms with Crippen molar-refractivity contribution in [2.45, 2.75) is 20.3 Å². The first-order chi connectivity index (χ1) is 10.9. The Hall–Kier alpha value is -1.33. The van der Waals surface area contributed by atoms with Gasteiger partial charge in [0.15, 0.2) is 0 Å². The molecule has 1 aliphatic heterocycles. The van der Waals surface area contributed by atoms with E-state index in [9.17, 15) is 9.59 Å². The minimum Gasteiger partial charge on any atom is -0.339 e. The number of nitrogens with zero attached hydrogens (tertiary/aromatic N) is 3. The molecule has 2 unspecified atom stereocenters. The number of hydrogen-bond acceptors (Lipinski definition) is 3. The van der Waals surface area contributed by atoms with E-state index < -0.39 is 0 Å². The largest absolute Gasteiger partial charge is 0.339 e. The first-order valence-electron chi connectivity index (χ1n) is 7.79. The van der Waals surface area contributed by atoms with Gasteiger partial charge in [0.2, 0.25) is 5.91 Å². The summed E-state index contributed by atoms with van der Waals surface area (Å²) in [4.78, 5) is 32.5. The molecule has 2 fully saturated rings. The summed E-state index contributed by atoms with van der Waals surface area (Å²) < 4.78 is 0. The van der Waals surface area contributed by atoms with Crippen molar-refractivity contribution in [3.8, 4) is 0 Å². The normalized spacial score (nSPS) is 23.8. The maximum Gasteiger partial charge on any atom is 0.254 e. The Morgan fingerprint density at radius 2 is 1.74 bits per heavy atom. The van der Waals surface area contributed by atoms with E-state index in [1.807, 2.05) is 4.90 Å². The molecule has 0 spiro atoms. The molecule has 0 bridgehead atoms. The molecule has 23 heavy (non-hydrogen) atoms. The Morgan fingerprint density at radius 3 is 2.30 bits per heavy atom. The van der Waals surface area contributed by atoms with Crippen LogP contribution in [0.5, 0.6) is 0 Å². The summed E-state index contributed by atoms with van der Waals surface area (Å²) in [6, 6.07) is 1.55. The predicted octanol–water partition coefficient (Wildman–Crippen LogP) is 2.64. The smallest absolute Gasteiger partial charge is 0.254 e. The Labute approximate surface area is 145 Å². The van der Waals surface area contributed by atoms with Gasteiger partial charge in [0.1, 0.15) is 10.3 Å². The monoisotopic (exact) mass is 355 g/mol. The Morgan fingerprint density at radius 1 is 1.17 bits per heavy atom. The molecule has 1 aliphatic carbocycles. The number of halogens is 2. The third-order valence-electron chi connectivity index (χ3n) is 4.72. The predicted molar refractivity (Wildman–Crippen MR) is 88.7 cm³/mol. The van der Waals surface area contributed by atoms with E-state index >= 15 is 0 Å². The maximum absolute atomic E-state index is 12.7. The SMILES string of the molecule is Cc1c(C(=O)N2CCN(C(=O)C3CC3C)CC2)cc(Cl)nc1Cl. The molecule has 124 valence electrons. The van der Waals surface area contributed by atoms with Gasteiger partial charge in [-0.15, -0.1) is 0 Å². The standard InChI is InChI=1S/C16H19Cl2N3O2/c1-9-7-11(9)15(22)20-3-5-21(6-4-20)16(23)12-8-13(17)19-14(18)10(12)2/h8-9,11H,3-7H2,1-2H3. The lowest BCUT2D eigenvalue weighted by Crippen LogP contribution is -2.51. The summed E-state index contributed by atoms with van der Waals surface area (Å²) in [5, 5.41) is 0.456. The van der Waals surface area contributed by atoms with Crippen molar-refractivity contribution in [2.75, 3.05) is 26.2 Å². The molecule has 1 saturated heterocycles. The first-order valence-corrected chi connectivity index (χ1v) is 8.54. The number of piperazine rings is 1. The zero-order chi connectivity index (χ0) is 16.7. The van der Waals surface area contributed by atoms with Gasteiger partial charge in [-0.25, -0.2) is 4.98 Å². The first kappa shape index (κ1) is 16.5. The van der Waals surface area contributed by atoms with Crippen molar-refractivity contribution in [1.82, 2.24) is 14.8 Å². The van der Waals surface area contributed by atoms with E-state index in [0.29, 0.717) is 43.2 Å². The highest BCUT2D eigenvalue weighted by Crippen LogP contribution is 2.39. The second-order valence-corrected chi connectivity index (χ2v) is 7.09. The zero-order valence-corrected chi connectivity index (χ0v) is 14.7. The van der Waals surface area contributed by atoms with Crippen molar-refractivity contribution in [1.29, 1.82) is 0 Å². The molecule has 2 heterocycles. The van der Waals surface area contributed by atoms with E-state index in [2.05, 4.69) is 11.9 Å². The Balaban J connectivity index is 1.66. The summed E-state index contributed by atoms with van der Waals surface area (Å²) in [5.74, 6) is 0.819. The second-order valence-electron chi connectivity index (χ2n) is 6.35. The summed E-state index contributed by atoms with van der Waals surface area (Å²) in [6.45, 7) is 6.08. The van der Waals surface area contributed by atoms with Crippen molar-refractivity contribution in [2.24, 2.45) is 11.8 Å². The number of hydrogen-bond donors (Lipinski definition) is 0. The molecule has 2 atom stereocenters. The van der Waals surface area contributed by atoms with E-state index in [1.54, 1.807) is 17.9 Å². The minimum atomic E-state index is -0.111. The zero-order valence-electron chi connectivity index (χ0n) is 13.2. The molecule has 0 radical (unpaired) electrons. The fourth-order valence-corrected chi connectivity index (χ4v) is 3.40. The van der Waals surface area contributed by atoms with Crippen LogP contribution in [0.4, 0.5) is 0 Å². The molecular formula is C16H19Cl2N3O2. The lowest BCUT2D eigenvalue weighted by molar-refractivity contribution is -0.134. The third-order valence-corrected chi connectivity index (χ3v) is 5.28. The lowest BCUT2D eigenvalue weighted by Gasteiger charge is -2.35. The van der Waals surface area contributed by atoms with Gasteiger partial charge < -0.3 is 9.80 Å². The van der Waals surface area contributed by atoms with E-state index in [4.69, 9.17) is 23.2 Å². The number of amides is 2. The number of pyridine rings is 1.